The number of aromatic nitrogens is 2. The van der Waals surface area contributed by atoms with Gasteiger partial charge in [-0.3, -0.25) is 0 Å². The van der Waals surface area contributed by atoms with Gasteiger partial charge < -0.3 is 19.4 Å². The second kappa shape index (κ2) is 6.49. The molecule has 1 N–H and O–H groups in total. The van der Waals surface area contributed by atoms with Crippen LogP contribution in [0.1, 0.15) is 11.1 Å². The first-order chi connectivity index (χ1) is 10.3. The van der Waals surface area contributed by atoms with Crippen molar-refractivity contribution in [2.75, 3.05) is 32.2 Å². The first-order valence-corrected chi connectivity index (χ1v) is 7.75. The van der Waals surface area contributed by atoms with Crippen LogP contribution in [-0.2, 0) is 17.7 Å². The molecule has 0 amide bonds. The molecule has 2 aromatic rings. The Kier molecular flexibility index (Phi) is 4.45. The van der Waals surface area contributed by atoms with Gasteiger partial charge in [0.15, 0.2) is 0 Å². The summed E-state index contributed by atoms with van der Waals surface area (Å²) < 4.78 is 14.0. The lowest BCUT2D eigenvalue weighted by Gasteiger charge is -2.13. The molecule has 1 aromatic heterocycles. The molecule has 1 aromatic carbocycles. The molecule has 21 heavy (non-hydrogen) atoms. The van der Waals surface area contributed by atoms with Gasteiger partial charge in [0, 0.05) is 42.5 Å². The number of imidazole rings is 1. The number of rotatable bonds is 6. The molecule has 6 heteroatoms. The van der Waals surface area contributed by atoms with E-state index in [0.29, 0.717) is 6.61 Å². The lowest BCUT2D eigenvalue weighted by Crippen LogP contribution is -2.13. The van der Waals surface area contributed by atoms with Crippen LogP contribution in [0.3, 0.4) is 0 Å². The second-order valence-electron chi connectivity index (χ2n) is 4.95. The van der Waals surface area contributed by atoms with Gasteiger partial charge in [-0.05, 0) is 17.7 Å². The number of benzene rings is 1. The Morgan fingerprint density at radius 3 is 3.24 bits per heavy atom. The number of methoxy groups -OCH3 is 1. The molecule has 112 valence electrons. The molecular weight excluding hydrogens is 334 g/mol. The van der Waals surface area contributed by atoms with Crippen LogP contribution in [0, 0.1) is 0 Å². The number of anilines is 1. The van der Waals surface area contributed by atoms with Gasteiger partial charge in [0.2, 0.25) is 5.95 Å². The zero-order chi connectivity index (χ0) is 14.7. The predicted molar refractivity (Wildman–Crippen MR) is 85.0 cm³/mol. The number of halogens is 1. The van der Waals surface area contributed by atoms with Crippen molar-refractivity contribution in [1.82, 2.24) is 9.55 Å². The SMILES string of the molecule is COCCNc1nccn1Cc1cc(Br)cc2c1OCC2. The van der Waals surface area contributed by atoms with Crippen LogP contribution >= 0.6 is 15.9 Å². The molecule has 0 unspecified atom stereocenters. The van der Waals surface area contributed by atoms with Gasteiger partial charge in [-0.1, -0.05) is 15.9 Å². The second-order valence-corrected chi connectivity index (χ2v) is 5.87. The summed E-state index contributed by atoms with van der Waals surface area (Å²) in [7, 11) is 1.69. The summed E-state index contributed by atoms with van der Waals surface area (Å²) in [6, 6.07) is 4.25. The maximum Gasteiger partial charge on any atom is 0.203 e. The third kappa shape index (κ3) is 3.22. The number of fused-ring (bicyclic) bond motifs is 1. The Bertz CT molecular complexity index is 627. The van der Waals surface area contributed by atoms with Crippen LogP contribution in [0.5, 0.6) is 5.75 Å². The molecule has 1 aliphatic rings. The van der Waals surface area contributed by atoms with Crippen LogP contribution in [-0.4, -0.2) is 36.4 Å². The Balaban J connectivity index is 1.80. The highest BCUT2D eigenvalue weighted by molar-refractivity contribution is 9.10. The highest BCUT2D eigenvalue weighted by Crippen LogP contribution is 2.33. The van der Waals surface area contributed by atoms with Gasteiger partial charge >= 0.3 is 0 Å². The van der Waals surface area contributed by atoms with Crippen LogP contribution in [0.4, 0.5) is 5.95 Å². The smallest absolute Gasteiger partial charge is 0.203 e. The fourth-order valence-electron chi connectivity index (χ4n) is 2.52. The van der Waals surface area contributed by atoms with Crippen molar-refractivity contribution >= 4 is 21.9 Å². The largest absolute Gasteiger partial charge is 0.493 e. The third-order valence-electron chi connectivity index (χ3n) is 3.47. The van der Waals surface area contributed by atoms with E-state index in [4.69, 9.17) is 9.47 Å². The van der Waals surface area contributed by atoms with Crippen molar-refractivity contribution in [3.05, 3.63) is 40.1 Å². The van der Waals surface area contributed by atoms with Gasteiger partial charge in [0.25, 0.3) is 0 Å². The maximum absolute atomic E-state index is 5.78. The van der Waals surface area contributed by atoms with E-state index in [1.807, 2.05) is 6.20 Å². The van der Waals surface area contributed by atoms with Crippen LogP contribution in [0.2, 0.25) is 0 Å². The van der Waals surface area contributed by atoms with E-state index in [1.54, 1.807) is 13.3 Å². The van der Waals surface area contributed by atoms with Crippen LogP contribution < -0.4 is 10.1 Å². The van der Waals surface area contributed by atoms with Gasteiger partial charge in [-0.25, -0.2) is 4.98 Å². The van der Waals surface area contributed by atoms with Gasteiger partial charge in [-0.2, -0.15) is 0 Å². The zero-order valence-corrected chi connectivity index (χ0v) is 13.5. The number of hydrogen-bond acceptors (Lipinski definition) is 4. The Morgan fingerprint density at radius 2 is 2.38 bits per heavy atom. The summed E-state index contributed by atoms with van der Waals surface area (Å²) in [5.74, 6) is 1.87. The third-order valence-corrected chi connectivity index (χ3v) is 3.93. The molecule has 5 nitrogen and oxygen atoms in total. The van der Waals surface area contributed by atoms with Crippen molar-refractivity contribution in [3.63, 3.8) is 0 Å². The first kappa shape index (κ1) is 14.4. The van der Waals surface area contributed by atoms with Crippen molar-refractivity contribution in [2.45, 2.75) is 13.0 Å². The normalized spacial score (nSPS) is 13.0. The number of nitrogens with zero attached hydrogens (tertiary/aromatic N) is 2. The average Bonchev–Trinajstić information content (AvgIpc) is 3.08. The molecule has 1 aliphatic heterocycles. The zero-order valence-electron chi connectivity index (χ0n) is 11.9. The molecule has 0 saturated heterocycles. The lowest BCUT2D eigenvalue weighted by molar-refractivity contribution is 0.210. The minimum Gasteiger partial charge on any atom is -0.493 e. The monoisotopic (exact) mass is 351 g/mol. The van der Waals surface area contributed by atoms with Gasteiger partial charge in [0.1, 0.15) is 5.75 Å². The fraction of sp³-hybridized carbons (Fsp3) is 0.400. The molecule has 0 radical (unpaired) electrons. The highest BCUT2D eigenvalue weighted by Gasteiger charge is 2.18. The minimum atomic E-state index is 0.655. The summed E-state index contributed by atoms with van der Waals surface area (Å²) >= 11 is 3.58. The van der Waals surface area contributed by atoms with E-state index in [1.165, 1.54) is 11.1 Å². The number of ether oxygens (including phenoxy) is 2. The molecule has 0 fully saturated rings. The van der Waals surface area contributed by atoms with E-state index in [2.05, 4.69) is 42.9 Å². The van der Waals surface area contributed by atoms with Crippen molar-refractivity contribution < 1.29 is 9.47 Å². The number of hydrogen-bond donors (Lipinski definition) is 1. The Labute approximate surface area is 132 Å². The molecule has 0 saturated carbocycles. The summed E-state index contributed by atoms with van der Waals surface area (Å²) in [5, 5.41) is 3.27. The summed E-state index contributed by atoms with van der Waals surface area (Å²) in [5.41, 5.74) is 2.44. The summed E-state index contributed by atoms with van der Waals surface area (Å²) in [6.45, 7) is 2.89. The van der Waals surface area contributed by atoms with E-state index in [-0.39, 0.29) is 0 Å². The predicted octanol–water partition coefficient (Wildman–Crippen LogP) is 2.69. The molecule has 0 aliphatic carbocycles. The van der Waals surface area contributed by atoms with Gasteiger partial charge in [-0.15, -0.1) is 0 Å². The number of nitrogens with one attached hydrogen (secondary N) is 1. The Hall–Kier alpha value is -1.53. The van der Waals surface area contributed by atoms with E-state index < -0.39 is 0 Å². The van der Waals surface area contributed by atoms with E-state index >= 15 is 0 Å². The molecular formula is C15H18BrN3O2. The minimum absolute atomic E-state index is 0.655. The first-order valence-electron chi connectivity index (χ1n) is 6.96. The molecule has 0 atom stereocenters. The summed E-state index contributed by atoms with van der Waals surface area (Å²) in [6.07, 6.45) is 4.75. The highest BCUT2D eigenvalue weighted by atomic mass is 79.9. The van der Waals surface area contributed by atoms with Crippen molar-refractivity contribution in [3.8, 4) is 5.75 Å². The molecule has 0 bridgehead atoms. The lowest BCUT2D eigenvalue weighted by atomic mass is 10.1. The standard InChI is InChI=1S/C15H18BrN3O2/c1-20-7-4-18-15-17-3-5-19(15)10-12-9-13(16)8-11-2-6-21-14(11)12/h3,5,8-9H,2,4,6-7,10H2,1H3,(H,17,18). The molecule has 0 spiro atoms. The van der Waals surface area contributed by atoms with Crippen molar-refractivity contribution in [1.29, 1.82) is 0 Å². The van der Waals surface area contributed by atoms with Crippen molar-refractivity contribution in [2.24, 2.45) is 0 Å². The van der Waals surface area contributed by atoms with E-state index in [9.17, 15) is 0 Å². The maximum atomic E-state index is 5.78. The van der Waals surface area contributed by atoms with E-state index in [0.717, 1.165) is 42.3 Å². The molecule has 2 heterocycles. The van der Waals surface area contributed by atoms with Crippen LogP contribution in [0.15, 0.2) is 29.0 Å². The topological polar surface area (TPSA) is 48.3 Å². The average molecular weight is 352 g/mol. The summed E-state index contributed by atoms with van der Waals surface area (Å²) in [4.78, 5) is 4.34. The van der Waals surface area contributed by atoms with Gasteiger partial charge in [0.05, 0.1) is 19.8 Å². The quantitative estimate of drug-likeness (QED) is 0.813. The molecule has 3 rings (SSSR count). The fourth-order valence-corrected chi connectivity index (χ4v) is 3.07. The van der Waals surface area contributed by atoms with Crippen LogP contribution in [0.25, 0.3) is 0 Å². The Morgan fingerprint density at radius 1 is 1.48 bits per heavy atom.